The van der Waals surface area contributed by atoms with E-state index in [1.165, 1.54) is 6.08 Å². The Kier molecular flexibility index (Phi) is 2.60. The van der Waals surface area contributed by atoms with Crippen molar-refractivity contribution in [1.29, 1.82) is 0 Å². The summed E-state index contributed by atoms with van der Waals surface area (Å²) in [6, 6.07) is 13.5. The Morgan fingerprint density at radius 2 is 1.74 bits per heavy atom. The highest BCUT2D eigenvalue weighted by atomic mass is 16.5. The molecule has 0 radical (unpaired) electrons. The van der Waals surface area contributed by atoms with Gasteiger partial charge in [-0.25, -0.2) is 4.79 Å². The van der Waals surface area contributed by atoms with Crippen LogP contribution in [0.4, 0.5) is 0 Å². The second-order valence-corrected chi connectivity index (χ2v) is 4.32. The normalized spacial score (nSPS) is 14.1. The number of rotatable bonds is 2. The molecule has 94 valence electrons. The van der Waals surface area contributed by atoms with Crippen LogP contribution in [0.25, 0.3) is 16.7 Å². The van der Waals surface area contributed by atoms with E-state index in [4.69, 9.17) is 9.84 Å². The lowest BCUT2D eigenvalue weighted by Gasteiger charge is -2.07. The fourth-order valence-electron chi connectivity index (χ4n) is 2.56. The summed E-state index contributed by atoms with van der Waals surface area (Å²) >= 11 is 0. The first-order valence-corrected chi connectivity index (χ1v) is 5.94. The minimum absolute atomic E-state index is 0.733. The minimum Gasteiger partial charge on any atom is -0.496 e. The number of carboxylic acid groups (broad SMARTS) is 1. The highest BCUT2D eigenvalue weighted by Crippen LogP contribution is 2.48. The third kappa shape index (κ3) is 1.71. The molecule has 3 rings (SSSR count). The molecule has 0 fully saturated rings. The van der Waals surface area contributed by atoms with Crippen LogP contribution < -0.4 is 4.74 Å². The maximum atomic E-state index is 11.0. The maximum absolute atomic E-state index is 11.0. The molecule has 0 saturated heterocycles. The van der Waals surface area contributed by atoms with Crippen molar-refractivity contribution < 1.29 is 14.6 Å². The van der Waals surface area contributed by atoms with Crippen LogP contribution in [0, 0.1) is 0 Å². The van der Waals surface area contributed by atoms with Gasteiger partial charge in [0.25, 0.3) is 0 Å². The molecule has 19 heavy (non-hydrogen) atoms. The molecule has 3 heteroatoms. The Labute approximate surface area is 110 Å². The second kappa shape index (κ2) is 4.28. The van der Waals surface area contributed by atoms with E-state index in [1.54, 1.807) is 7.11 Å². The summed E-state index contributed by atoms with van der Waals surface area (Å²) in [5.41, 5.74) is 4.56. The summed E-state index contributed by atoms with van der Waals surface area (Å²) in [6.45, 7) is 0. The number of ether oxygens (including phenoxy) is 1. The number of carbonyl (C=O) groups is 1. The van der Waals surface area contributed by atoms with Gasteiger partial charge in [0, 0.05) is 11.6 Å². The molecule has 0 heterocycles. The van der Waals surface area contributed by atoms with E-state index in [0.29, 0.717) is 0 Å². The SMILES string of the molecule is COc1cccc2c1-c1ccccc1/C2=C\C(=O)O. The molecule has 0 atom stereocenters. The fraction of sp³-hybridized carbons (Fsp3) is 0.0625. The van der Waals surface area contributed by atoms with Gasteiger partial charge in [0.15, 0.2) is 0 Å². The molecule has 2 aromatic rings. The maximum Gasteiger partial charge on any atom is 0.328 e. The zero-order chi connectivity index (χ0) is 13.4. The molecule has 1 aliphatic carbocycles. The van der Waals surface area contributed by atoms with Crippen molar-refractivity contribution in [3.05, 3.63) is 59.7 Å². The number of aliphatic carboxylic acids is 1. The van der Waals surface area contributed by atoms with Crippen LogP contribution in [0.5, 0.6) is 5.75 Å². The first kappa shape index (κ1) is 11.5. The van der Waals surface area contributed by atoms with Gasteiger partial charge in [-0.3, -0.25) is 0 Å². The van der Waals surface area contributed by atoms with Crippen LogP contribution in [-0.2, 0) is 4.79 Å². The van der Waals surface area contributed by atoms with Gasteiger partial charge in [0.1, 0.15) is 5.75 Å². The van der Waals surface area contributed by atoms with E-state index >= 15 is 0 Å². The minimum atomic E-state index is -0.944. The quantitative estimate of drug-likeness (QED) is 0.712. The van der Waals surface area contributed by atoms with Crippen molar-refractivity contribution in [2.45, 2.75) is 0 Å². The zero-order valence-electron chi connectivity index (χ0n) is 10.4. The monoisotopic (exact) mass is 252 g/mol. The van der Waals surface area contributed by atoms with Gasteiger partial charge in [0.05, 0.1) is 7.11 Å². The Bertz CT molecular complexity index is 699. The molecule has 0 aliphatic heterocycles. The Morgan fingerprint density at radius 3 is 2.42 bits per heavy atom. The number of hydrogen-bond donors (Lipinski definition) is 1. The lowest BCUT2D eigenvalue weighted by Crippen LogP contribution is -1.91. The molecule has 0 bridgehead atoms. The van der Waals surface area contributed by atoms with Crippen LogP contribution >= 0.6 is 0 Å². The van der Waals surface area contributed by atoms with Crippen LogP contribution in [0.2, 0.25) is 0 Å². The molecular weight excluding hydrogens is 240 g/mol. The average Bonchev–Trinajstić information content (AvgIpc) is 2.73. The van der Waals surface area contributed by atoms with E-state index in [-0.39, 0.29) is 0 Å². The number of methoxy groups -OCH3 is 1. The lowest BCUT2D eigenvalue weighted by atomic mass is 10.0. The predicted octanol–water partition coefficient (Wildman–Crippen LogP) is 3.19. The molecule has 0 aromatic heterocycles. The van der Waals surface area contributed by atoms with Crippen LogP contribution in [0.3, 0.4) is 0 Å². The molecule has 3 nitrogen and oxygen atoms in total. The van der Waals surface area contributed by atoms with E-state index < -0.39 is 5.97 Å². The zero-order valence-corrected chi connectivity index (χ0v) is 10.4. The molecule has 0 saturated carbocycles. The van der Waals surface area contributed by atoms with Gasteiger partial charge in [-0.05, 0) is 28.3 Å². The molecule has 1 N–H and O–H groups in total. The highest BCUT2D eigenvalue weighted by molar-refractivity contribution is 6.07. The number of hydrogen-bond acceptors (Lipinski definition) is 2. The topological polar surface area (TPSA) is 46.5 Å². The van der Waals surface area contributed by atoms with Crippen LogP contribution in [0.15, 0.2) is 48.5 Å². The third-order valence-electron chi connectivity index (χ3n) is 3.29. The van der Waals surface area contributed by atoms with Crippen LogP contribution in [0.1, 0.15) is 11.1 Å². The molecule has 0 amide bonds. The lowest BCUT2D eigenvalue weighted by molar-refractivity contribution is -0.131. The van der Waals surface area contributed by atoms with E-state index in [0.717, 1.165) is 33.6 Å². The van der Waals surface area contributed by atoms with Gasteiger partial charge in [-0.1, -0.05) is 36.4 Å². The van der Waals surface area contributed by atoms with Crippen molar-refractivity contribution >= 4 is 11.5 Å². The van der Waals surface area contributed by atoms with Crippen LogP contribution in [-0.4, -0.2) is 18.2 Å². The summed E-state index contributed by atoms with van der Waals surface area (Å²) < 4.78 is 5.39. The van der Waals surface area contributed by atoms with Crippen molar-refractivity contribution in [2.75, 3.05) is 7.11 Å². The summed E-state index contributed by atoms with van der Waals surface area (Å²) in [5.74, 6) is -0.181. The second-order valence-electron chi connectivity index (χ2n) is 4.32. The molecule has 0 spiro atoms. The predicted molar refractivity (Wildman–Crippen MR) is 73.1 cm³/mol. The molecule has 0 unspecified atom stereocenters. The van der Waals surface area contributed by atoms with Crippen molar-refractivity contribution in [3.8, 4) is 16.9 Å². The number of carboxylic acids is 1. The van der Waals surface area contributed by atoms with Gasteiger partial charge in [-0.2, -0.15) is 0 Å². The fourth-order valence-corrected chi connectivity index (χ4v) is 2.56. The molecule has 1 aliphatic rings. The Balaban J connectivity index is 2.37. The smallest absolute Gasteiger partial charge is 0.328 e. The summed E-state index contributed by atoms with van der Waals surface area (Å²) in [4.78, 5) is 11.0. The van der Waals surface area contributed by atoms with Crippen molar-refractivity contribution in [1.82, 2.24) is 0 Å². The summed E-state index contributed by atoms with van der Waals surface area (Å²) in [5, 5.41) is 9.04. The third-order valence-corrected chi connectivity index (χ3v) is 3.29. The largest absolute Gasteiger partial charge is 0.496 e. The Hall–Kier alpha value is -2.55. The summed E-state index contributed by atoms with van der Waals surface area (Å²) in [7, 11) is 1.62. The molecular formula is C16H12O3. The first-order valence-electron chi connectivity index (χ1n) is 5.94. The van der Waals surface area contributed by atoms with Crippen molar-refractivity contribution in [3.63, 3.8) is 0 Å². The van der Waals surface area contributed by atoms with E-state index in [2.05, 4.69) is 0 Å². The number of benzene rings is 2. The van der Waals surface area contributed by atoms with Gasteiger partial charge >= 0.3 is 5.97 Å². The average molecular weight is 252 g/mol. The van der Waals surface area contributed by atoms with Gasteiger partial charge < -0.3 is 9.84 Å². The standard InChI is InChI=1S/C16H12O3/c1-19-14-8-4-7-12-13(9-15(17)18)10-5-2-3-6-11(10)16(12)14/h2-9H,1H3,(H,17,18)/b13-9+. The number of fused-ring (bicyclic) bond motifs is 3. The highest BCUT2D eigenvalue weighted by Gasteiger charge is 2.26. The molecule has 2 aromatic carbocycles. The van der Waals surface area contributed by atoms with Crippen molar-refractivity contribution in [2.24, 2.45) is 0 Å². The van der Waals surface area contributed by atoms with E-state index in [1.807, 2.05) is 42.5 Å². The van der Waals surface area contributed by atoms with Gasteiger partial charge in [-0.15, -0.1) is 0 Å². The first-order chi connectivity index (χ1) is 9.22. The Morgan fingerprint density at radius 1 is 1.05 bits per heavy atom. The van der Waals surface area contributed by atoms with E-state index in [9.17, 15) is 4.79 Å². The summed E-state index contributed by atoms with van der Waals surface area (Å²) in [6.07, 6.45) is 1.25. The van der Waals surface area contributed by atoms with Gasteiger partial charge in [0.2, 0.25) is 0 Å².